The SMILES string of the molecule is O=C(OCc1ccccc1)c1ccc(OCC(O)Cn2ncnn2)cc1. The summed E-state index contributed by atoms with van der Waals surface area (Å²) < 4.78 is 10.8. The van der Waals surface area contributed by atoms with Gasteiger partial charge in [-0.1, -0.05) is 30.3 Å². The molecule has 8 nitrogen and oxygen atoms in total. The van der Waals surface area contributed by atoms with E-state index in [1.54, 1.807) is 24.3 Å². The van der Waals surface area contributed by atoms with E-state index in [-0.39, 0.29) is 19.8 Å². The average molecular weight is 354 g/mol. The minimum atomic E-state index is -0.778. The van der Waals surface area contributed by atoms with Gasteiger partial charge in [0, 0.05) is 0 Å². The smallest absolute Gasteiger partial charge is 0.338 e. The molecular weight excluding hydrogens is 336 g/mol. The zero-order chi connectivity index (χ0) is 18.2. The molecule has 0 aliphatic heterocycles. The first-order valence-electron chi connectivity index (χ1n) is 8.03. The number of nitrogens with zero attached hydrogens (tertiary/aromatic N) is 4. The highest BCUT2D eigenvalue weighted by atomic mass is 16.5. The van der Waals surface area contributed by atoms with Crippen molar-refractivity contribution in [3.63, 3.8) is 0 Å². The molecule has 1 unspecified atom stereocenters. The molecule has 3 rings (SSSR count). The van der Waals surface area contributed by atoms with Crippen LogP contribution in [0.4, 0.5) is 0 Å². The largest absolute Gasteiger partial charge is 0.491 e. The van der Waals surface area contributed by atoms with E-state index in [1.165, 1.54) is 11.1 Å². The van der Waals surface area contributed by atoms with Gasteiger partial charge in [0.15, 0.2) is 6.33 Å². The van der Waals surface area contributed by atoms with Crippen LogP contribution in [0.2, 0.25) is 0 Å². The zero-order valence-electron chi connectivity index (χ0n) is 13.9. The summed E-state index contributed by atoms with van der Waals surface area (Å²) in [5, 5.41) is 20.9. The van der Waals surface area contributed by atoms with Crippen molar-refractivity contribution in [1.82, 2.24) is 20.2 Å². The van der Waals surface area contributed by atoms with E-state index in [9.17, 15) is 9.90 Å². The van der Waals surface area contributed by atoms with Crippen LogP contribution < -0.4 is 4.74 Å². The minimum Gasteiger partial charge on any atom is -0.491 e. The quantitative estimate of drug-likeness (QED) is 0.612. The highest BCUT2D eigenvalue weighted by Gasteiger charge is 2.10. The predicted molar refractivity (Wildman–Crippen MR) is 91.3 cm³/mol. The average Bonchev–Trinajstić information content (AvgIpc) is 3.18. The molecule has 134 valence electrons. The Hall–Kier alpha value is -3.26. The number of aromatic nitrogens is 4. The summed E-state index contributed by atoms with van der Waals surface area (Å²) in [6.07, 6.45) is 0.517. The van der Waals surface area contributed by atoms with Gasteiger partial charge in [0.2, 0.25) is 0 Å². The van der Waals surface area contributed by atoms with Gasteiger partial charge in [-0.3, -0.25) is 0 Å². The number of esters is 1. The summed E-state index contributed by atoms with van der Waals surface area (Å²) in [5.41, 5.74) is 1.36. The Balaban J connectivity index is 1.46. The molecule has 2 aromatic carbocycles. The van der Waals surface area contributed by atoms with Crippen LogP contribution in [0.3, 0.4) is 0 Å². The lowest BCUT2D eigenvalue weighted by Crippen LogP contribution is -2.24. The molecule has 3 aromatic rings. The summed E-state index contributed by atoms with van der Waals surface area (Å²) in [7, 11) is 0. The minimum absolute atomic E-state index is 0.0688. The molecule has 1 N–H and O–H groups in total. The molecule has 26 heavy (non-hydrogen) atoms. The lowest BCUT2D eigenvalue weighted by Gasteiger charge is -2.11. The van der Waals surface area contributed by atoms with Gasteiger partial charge in [-0.2, -0.15) is 4.80 Å². The third kappa shape index (κ3) is 5.12. The number of benzene rings is 2. The third-order valence-corrected chi connectivity index (χ3v) is 3.51. The van der Waals surface area contributed by atoms with Crippen LogP contribution in [0.25, 0.3) is 0 Å². The summed E-state index contributed by atoms with van der Waals surface area (Å²) in [6, 6.07) is 16.0. The van der Waals surface area contributed by atoms with E-state index in [2.05, 4.69) is 15.4 Å². The lowest BCUT2D eigenvalue weighted by atomic mass is 10.2. The standard InChI is InChI=1S/C18H18N4O4/c23-16(10-22-20-13-19-21-22)12-25-17-8-6-15(7-9-17)18(24)26-11-14-4-2-1-3-5-14/h1-9,13,16,23H,10-12H2. The van der Waals surface area contributed by atoms with Crippen LogP contribution in [-0.2, 0) is 17.9 Å². The van der Waals surface area contributed by atoms with Crippen molar-refractivity contribution in [2.24, 2.45) is 0 Å². The Bertz CT molecular complexity index is 807. The predicted octanol–water partition coefficient (Wildman–Crippen LogP) is 1.47. The topological polar surface area (TPSA) is 99.4 Å². The van der Waals surface area contributed by atoms with Gasteiger partial charge in [0.05, 0.1) is 12.1 Å². The molecule has 0 saturated carbocycles. The van der Waals surface area contributed by atoms with Crippen molar-refractivity contribution in [3.05, 3.63) is 72.1 Å². The van der Waals surface area contributed by atoms with Crippen LogP contribution in [-0.4, -0.2) is 44.0 Å². The second kappa shape index (κ2) is 8.72. The first kappa shape index (κ1) is 17.6. The molecule has 1 atom stereocenters. The Morgan fingerprint density at radius 2 is 1.88 bits per heavy atom. The van der Waals surface area contributed by atoms with E-state index >= 15 is 0 Å². The number of aliphatic hydroxyl groups excluding tert-OH is 1. The number of carbonyl (C=O) groups excluding carboxylic acids is 1. The lowest BCUT2D eigenvalue weighted by molar-refractivity contribution is 0.0472. The van der Waals surface area contributed by atoms with Crippen LogP contribution in [0.5, 0.6) is 5.75 Å². The summed E-state index contributed by atoms with van der Waals surface area (Å²) in [4.78, 5) is 13.3. The fourth-order valence-corrected chi connectivity index (χ4v) is 2.20. The number of hydrogen-bond acceptors (Lipinski definition) is 7. The fourth-order valence-electron chi connectivity index (χ4n) is 2.20. The summed E-state index contributed by atoms with van der Waals surface area (Å²) in [5.74, 6) is 0.132. The highest BCUT2D eigenvalue weighted by Crippen LogP contribution is 2.14. The van der Waals surface area contributed by atoms with E-state index in [0.29, 0.717) is 11.3 Å². The van der Waals surface area contributed by atoms with Crippen LogP contribution in [0.15, 0.2) is 60.9 Å². The maximum absolute atomic E-state index is 12.0. The molecule has 0 radical (unpaired) electrons. The molecule has 0 fully saturated rings. The molecular formula is C18H18N4O4. The van der Waals surface area contributed by atoms with Gasteiger partial charge in [-0.05, 0) is 35.0 Å². The Morgan fingerprint density at radius 1 is 1.12 bits per heavy atom. The normalized spacial score (nSPS) is 11.7. The number of ether oxygens (including phenoxy) is 2. The van der Waals surface area contributed by atoms with Gasteiger partial charge in [-0.25, -0.2) is 4.79 Å². The van der Waals surface area contributed by atoms with Crippen molar-refractivity contribution >= 4 is 5.97 Å². The number of hydrogen-bond donors (Lipinski definition) is 1. The number of carbonyl (C=O) groups is 1. The van der Waals surface area contributed by atoms with Gasteiger partial charge in [0.1, 0.15) is 25.1 Å². The first-order valence-corrected chi connectivity index (χ1v) is 8.03. The monoisotopic (exact) mass is 354 g/mol. The van der Waals surface area contributed by atoms with Crippen LogP contribution >= 0.6 is 0 Å². The van der Waals surface area contributed by atoms with Gasteiger partial charge < -0.3 is 14.6 Å². The van der Waals surface area contributed by atoms with Gasteiger partial charge in [0.25, 0.3) is 0 Å². The summed E-state index contributed by atoms with van der Waals surface area (Å²) >= 11 is 0. The van der Waals surface area contributed by atoms with E-state index < -0.39 is 12.1 Å². The maximum atomic E-state index is 12.0. The van der Waals surface area contributed by atoms with Crippen molar-refractivity contribution < 1.29 is 19.4 Å². The third-order valence-electron chi connectivity index (χ3n) is 3.51. The van der Waals surface area contributed by atoms with Gasteiger partial charge >= 0.3 is 5.97 Å². The number of aliphatic hydroxyl groups is 1. The van der Waals surface area contributed by atoms with Crippen molar-refractivity contribution in [1.29, 1.82) is 0 Å². The molecule has 0 spiro atoms. The molecule has 1 heterocycles. The maximum Gasteiger partial charge on any atom is 0.338 e. The van der Waals surface area contributed by atoms with E-state index in [0.717, 1.165) is 5.56 Å². The Kier molecular flexibility index (Phi) is 5.89. The fraction of sp³-hybridized carbons (Fsp3) is 0.222. The van der Waals surface area contributed by atoms with E-state index in [4.69, 9.17) is 9.47 Å². The second-order valence-corrected chi connectivity index (χ2v) is 5.54. The second-order valence-electron chi connectivity index (χ2n) is 5.54. The van der Waals surface area contributed by atoms with Crippen LogP contribution in [0, 0.1) is 0 Å². The van der Waals surface area contributed by atoms with Crippen molar-refractivity contribution in [2.45, 2.75) is 19.3 Å². The first-order chi connectivity index (χ1) is 12.7. The zero-order valence-corrected chi connectivity index (χ0v) is 13.9. The molecule has 0 aliphatic carbocycles. The van der Waals surface area contributed by atoms with Crippen molar-refractivity contribution in [3.8, 4) is 5.75 Å². The molecule has 0 aliphatic rings. The van der Waals surface area contributed by atoms with Crippen LogP contribution in [0.1, 0.15) is 15.9 Å². The van der Waals surface area contributed by atoms with Gasteiger partial charge in [-0.15, -0.1) is 10.2 Å². The molecule has 0 amide bonds. The summed E-state index contributed by atoms with van der Waals surface area (Å²) in [6.45, 7) is 0.476. The molecule has 0 bridgehead atoms. The number of tetrazole rings is 1. The molecule has 0 saturated heterocycles. The molecule has 8 heteroatoms. The molecule has 1 aromatic heterocycles. The Morgan fingerprint density at radius 3 is 2.58 bits per heavy atom. The highest BCUT2D eigenvalue weighted by molar-refractivity contribution is 5.89. The Labute approximate surface area is 150 Å². The number of rotatable bonds is 8. The van der Waals surface area contributed by atoms with E-state index in [1.807, 2.05) is 30.3 Å². The van der Waals surface area contributed by atoms with Crippen molar-refractivity contribution in [2.75, 3.05) is 6.61 Å².